The number of piperazine rings is 1. The van der Waals surface area contributed by atoms with Crippen LogP contribution in [0, 0.1) is 17.8 Å². The third kappa shape index (κ3) is 1.95. The lowest BCUT2D eigenvalue weighted by atomic mass is 9.84. The molecule has 0 aromatic rings. The maximum Gasteiger partial charge on any atom is 0.246 e. The van der Waals surface area contributed by atoms with Gasteiger partial charge in [0.05, 0.1) is 0 Å². The summed E-state index contributed by atoms with van der Waals surface area (Å²) in [5.74, 6) is 2.38. The number of nitrogens with zero attached hydrogens (tertiary/aromatic N) is 1. The van der Waals surface area contributed by atoms with Crippen molar-refractivity contribution in [1.29, 1.82) is 0 Å². The fourth-order valence-electron chi connectivity index (χ4n) is 4.49. The van der Waals surface area contributed by atoms with E-state index in [-0.39, 0.29) is 17.9 Å². The van der Waals surface area contributed by atoms with E-state index in [0.717, 1.165) is 18.4 Å². The lowest BCUT2D eigenvalue weighted by molar-refractivity contribution is -0.157. The van der Waals surface area contributed by atoms with Gasteiger partial charge in [-0.05, 0) is 57.3 Å². The van der Waals surface area contributed by atoms with E-state index in [9.17, 15) is 9.59 Å². The topological polar surface area (TPSA) is 49.4 Å². The lowest BCUT2D eigenvalue weighted by Crippen LogP contribution is -2.69. The first-order valence-electron chi connectivity index (χ1n) is 8.08. The summed E-state index contributed by atoms with van der Waals surface area (Å²) in [4.78, 5) is 26.8. The minimum absolute atomic E-state index is 0.00950. The predicted molar refractivity (Wildman–Crippen MR) is 77.0 cm³/mol. The Morgan fingerprint density at radius 3 is 2.60 bits per heavy atom. The number of rotatable bonds is 3. The van der Waals surface area contributed by atoms with E-state index in [4.69, 9.17) is 0 Å². The van der Waals surface area contributed by atoms with Crippen molar-refractivity contribution in [3.63, 3.8) is 0 Å². The molecule has 2 bridgehead atoms. The van der Waals surface area contributed by atoms with E-state index in [2.05, 4.69) is 5.32 Å². The van der Waals surface area contributed by atoms with Crippen molar-refractivity contribution in [1.82, 2.24) is 10.2 Å². The second-order valence-corrected chi connectivity index (χ2v) is 7.21. The number of hydrogen-bond donors (Lipinski definition) is 1. The van der Waals surface area contributed by atoms with E-state index >= 15 is 0 Å². The number of amides is 2. The summed E-state index contributed by atoms with van der Waals surface area (Å²) in [6.45, 7) is 6.49. The first-order chi connectivity index (χ1) is 9.45. The second-order valence-electron chi connectivity index (χ2n) is 7.21. The van der Waals surface area contributed by atoms with Crippen molar-refractivity contribution in [2.75, 3.05) is 6.54 Å². The molecule has 4 nitrogen and oxygen atoms in total. The molecular formula is C16H26N2O2. The highest BCUT2D eigenvalue weighted by Gasteiger charge is 2.49. The Balaban J connectivity index is 1.80. The van der Waals surface area contributed by atoms with Gasteiger partial charge in [-0.2, -0.15) is 0 Å². The van der Waals surface area contributed by atoms with Crippen LogP contribution in [-0.4, -0.2) is 34.8 Å². The van der Waals surface area contributed by atoms with Gasteiger partial charge >= 0.3 is 0 Å². The summed E-state index contributed by atoms with van der Waals surface area (Å²) < 4.78 is 0. The van der Waals surface area contributed by atoms with Crippen LogP contribution < -0.4 is 5.32 Å². The van der Waals surface area contributed by atoms with E-state index in [0.29, 0.717) is 12.3 Å². The number of carbonyl (C=O) groups is 2. The molecule has 0 spiro atoms. The first-order valence-corrected chi connectivity index (χ1v) is 8.08. The molecule has 0 aromatic carbocycles. The molecular weight excluding hydrogens is 252 g/mol. The largest absolute Gasteiger partial charge is 0.343 e. The van der Waals surface area contributed by atoms with Crippen molar-refractivity contribution < 1.29 is 9.59 Å². The van der Waals surface area contributed by atoms with Gasteiger partial charge in [0.1, 0.15) is 11.6 Å². The molecule has 3 fully saturated rings. The van der Waals surface area contributed by atoms with Crippen LogP contribution in [0.15, 0.2) is 0 Å². The number of nitrogens with one attached hydrogen (secondary N) is 1. The Morgan fingerprint density at radius 2 is 2.05 bits per heavy atom. The second kappa shape index (κ2) is 4.74. The number of fused-ring (bicyclic) bond motifs is 2. The smallest absolute Gasteiger partial charge is 0.246 e. The van der Waals surface area contributed by atoms with Crippen LogP contribution in [0.4, 0.5) is 0 Å². The third-order valence-corrected chi connectivity index (χ3v) is 6.06. The lowest BCUT2D eigenvalue weighted by Gasteiger charge is -2.47. The average Bonchev–Trinajstić information content (AvgIpc) is 3.04. The zero-order chi connectivity index (χ0) is 14.5. The van der Waals surface area contributed by atoms with Crippen molar-refractivity contribution in [2.24, 2.45) is 17.8 Å². The molecule has 5 atom stereocenters. The SMILES string of the molecule is CCC1(C)C(=O)NC(C)C(=O)N1CC1CC2CCC1C2. The quantitative estimate of drug-likeness (QED) is 0.857. The zero-order valence-electron chi connectivity index (χ0n) is 12.8. The fraction of sp³-hybridized carbons (Fsp3) is 0.875. The molecule has 0 radical (unpaired) electrons. The Bertz CT molecular complexity index is 436. The molecule has 5 unspecified atom stereocenters. The normalized spacial score (nSPS) is 44.0. The summed E-state index contributed by atoms with van der Waals surface area (Å²) in [6.07, 6.45) is 5.97. The standard InChI is InChI=1S/C16H26N2O2/c1-4-16(3)15(20)17-10(2)14(19)18(16)9-13-8-11-5-6-12(13)7-11/h10-13H,4-9H2,1-3H3,(H,17,20). The molecule has 0 aromatic heterocycles. The summed E-state index contributed by atoms with van der Waals surface area (Å²) >= 11 is 0. The van der Waals surface area contributed by atoms with Crippen LogP contribution in [0.2, 0.25) is 0 Å². The molecule has 1 saturated heterocycles. The molecule has 112 valence electrons. The molecule has 2 aliphatic carbocycles. The van der Waals surface area contributed by atoms with E-state index in [1.54, 1.807) is 6.92 Å². The van der Waals surface area contributed by atoms with Gasteiger partial charge in [-0.15, -0.1) is 0 Å². The summed E-state index contributed by atoms with van der Waals surface area (Å²) in [5, 5.41) is 2.83. The molecule has 3 rings (SSSR count). The number of hydrogen-bond acceptors (Lipinski definition) is 2. The zero-order valence-corrected chi connectivity index (χ0v) is 12.8. The summed E-state index contributed by atoms with van der Waals surface area (Å²) in [7, 11) is 0. The van der Waals surface area contributed by atoms with Gasteiger partial charge in [0.2, 0.25) is 11.8 Å². The fourth-order valence-corrected chi connectivity index (χ4v) is 4.49. The highest BCUT2D eigenvalue weighted by molar-refractivity contribution is 5.99. The van der Waals surface area contributed by atoms with Gasteiger partial charge in [-0.25, -0.2) is 0 Å². The predicted octanol–water partition coefficient (Wildman–Crippen LogP) is 1.94. The number of carbonyl (C=O) groups excluding carboxylic acids is 2. The Hall–Kier alpha value is -1.06. The molecule has 4 heteroatoms. The molecule has 3 aliphatic rings. The van der Waals surface area contributed by atoms with Crippen LogP contribution in [0.1, 0.15) is 52.9 Å². The van der Waals surface area contributed by atoms with E-state index < -0.39 is 5.54 Å². The van der Waals surface area contributed by atoms with Crippen LogP contribution in [-0.2, 0) is 9.59 Å². The van der Waals surface area contributed by atoms with Crippen LogP contribution in [0.5, 0.6) is 0 Å². The summed E-state index contributed by atoms with van der Waals surface area (Å²) in [6, 6.07) is -0.374. The van der Waals surface area contributed by atoms with Gasteiger partial charge in [-0.3, -0.25) is 9.59 Å². The van der Waals surface area contributed by atoms with E-state index in [1.165, 1.54) is 25.7 Å². The minimum Gasteiger partial charge on any atom is -0.343 e. The molecule has 1 aliphatic heterocycles. The molecule has 1 N–H and O–H groups in total. The van der Waals surface area contributed by atoms with Gasteiger partial charge in [0.15, 0.2) is 0 Å². The van der Waals surface area contributed by atoms with Gasteiger partial charge < -0.3 is 10.2 Å². The summed E-state index contributed by atoms with van der Waals surface area (Å²) in [5.41, 5.74) is -0.661. The first kappa shape index (κ1) is 13.9. The molecule has 2 amide bonds. The third-order valence-electron chi connectivity index (χ3n) is 6.06. The highest BCUT2D eigenvalue weighted by atomic mass is 16.2. The Morgan fingerprint density at radius 1 is 1.30 bits per heavy atom. The van der Waals surface area contributed by atoms with E-state index in [1.807, 2.05) is 18.7 Å². The maximum absolute atomic E-state index is 12.6. The van der Waals surface area contributed by atoms with Crippen molar-refractivity contribution >= 4 is 11.8 Å². The van der Waals surface area contributed by atoms with Gasteiger partial charge in [0.25, 0.3) is 0 Å². The van der Waals surface area contributed by atoms with Gasteiger partial charge in [0, 0.05) is 6.54 Å². The molecule has 2 saturated carbocycles. The van der Waals surface area contributed by atoms with Crippen molar-refractivity contribution in [2.45, 2.75) is 64.5 Å². The van der Waals surface area contributed by atoms with Crippen molar-refractivity contribution in [3.8, 4) is 0 Å². The Labute approximate surface area is 121 Å². The van der Waals surface area contributed by atoms with Crippen LogP contribution in [0.3, 0.4) is 0 Å². The highest BCUT2D eigenvalue weighted by Crippen LogP contribution is 2.49. The Kier molecular flexibility index (Phi) is 3.30. The van der Waals surface area contributed by atoms with Gasteiger partial charge in [-0.1, -0.05) is 13.3 Å². The molecule has 1 heterocycles. The molecule has 20 heavy (non-hydrogen) atoms. The minimum atomic E-state index is -0.661. The van der Waals surface area contributed by atoms with Crippen molar-refractivity contribution in [3.05, 3.63) is 0 Å². The maximum atomic E-state index is 12.6. The van der Waals surface area contributed by atoms with Crippen LogP contribution in [0.25, 0.3) is 0 Å². The van der Waals surface area contributed by atoms with Crippen LogP contribution >= 0.6 is 0 Å². The monoisotopic (exact) mass is 278 g/mol. The average molecular weight is 278 g/mol.